The van der Waals surface area contributed by atoms with Crippen LogP contribution in [0.1, 0.15) is 30.5 Å². The quantitative estimate of drug-likeness (QED) is 0.910. The first kappa shape index (κ1) is 16.0. The van der Waals surface area contributed by atoms with Crippen LogP contribution in [-0.2, 0) is 17.8 Å². The third-order valence-corrected chi connectivity index (χ3v) is 4.81. The summed E-state index contributed by atoms with van der Waals surface area (Å²) in [6.07, 6.45) is 8.86. The summed E-state index contributed by atoms with van der Waals surface area (Å²) in [6.45, 7) is 4.57. The molecule has 1 N–H and O–H groups in total. The summed E-state index contributed by atoms with van der Waals surface area (Å²) in [7, 11) is 0. The molecule has 23 heavy (non-hydrogen) atoms. The van der Waals surface area contributed by atoms with Crippen molar-refractivity contribution in [1.82, 2.24) is 19.9 Å². The summed E-state index contributed by atoms with van der Waals surface area (Å²) in [6, 6.07) is 1.85. The number of hydrogen-bond acceptors (Lipinski definition) is 6. The smallest absolute Gasteiger partial charge is 0.223 e. The number of rotatable bonds is 5. The molecule has 122 valence electrons. The highest BCUT2D eigenvalue weighted by atomic mass is 32.1. The Morgan fingerprint density at radius 2 is 2.22 bits per heavy atom. The van der Waals surface area contributed by atoms with Crippen LogP contribution in [0.4, 0.5) is 5.13 Å². The van der Waals surface area contributed by atoms with Crippen molar-refractivity contribution in [2.75, 3.05) is 18.4 Å². The number of piperidine rings is 1. The van der Waals surface area contributed by atoms with E-state index in [1.807, 2.05) is 24.7 Å². The number of nitrogens with zero attached hydrogens (tertiary/aromatic N) is 4. The number of hydrogen-bond donors (Lipinski definition) is 1. The van der Waals surface area contributed by atoms with Crippen molar-refractivity contribution in [1.29, 1.82) is 0 Å². The highest BCUT2D eigenvalue weighted by Gasteiger charge is 2.21. The molecule has 1 atom stereocenters. The second-order valence-electron chi connectivity index (χ2n) is 5.93. The number of aromatic nitrogens is 3. The minimum Gasteiger partial charge on any atom is -0.302 e. The van der Waals surface area contributed by atoms with E-state index in [0.717, 1.165) is 31.9 Å². The topological polar surface area (TPSA) is 71.0 Å². The molecule has 7 heteroatoms. The standard InChI is InChI=1S/C16H21N5OS/c1-12(22)20-16-19-9-14(23-16)11-21-7-2-4-13(10-21)8-15-17-5-3-6-18-15/h3,5-6,9,13H,2,4,7-8,10-11H2,1H3,(H,19,20,22). The van der Waals surface area contributed by atoms with E-state index in [-0.39, 0.29) is 5.91 Å². The lowest BCUT2D eigenvalue weighted by Crippen LogP contribution is -2.35. The number of amides is 1. The van der Waals surface area contributed by atoms with Gasteiger partial charge in [-0.15, -0.1) is 11.3 Å². The molecular formula is C16H21N5OS. The lowest BCUT2D eigenvalue weighted by Gasteiger charge is -2.32. The van der Waals surface area contributed by atoms with Gasteiger partial charge >= 0.3 is 0 Å². The van der Waals surface area contributed by atoms with Gasteiger partial charge in [-0.05, 0) is 31.4 Å². The zero-order valence-electron chi connectivity index (χ0n) is 13.2. The van der Waals surface area contributed by atoms with Crippen molar-refractivity contribution in [2.24, 2.45) is 5.92 Å². The van der Waals surface area contributed by atoms with Crippen molar-refractivity contribution in [3.05, 3.63) is 35.4 Å². The van der Waals surface area contributed by atoms with Crippen LogP contribution in [0.15, 0.2) is 24.7 Å². The van der Waals surface area contributed by atoms with Gasteiger partial charge in [0.15, 0.2) is 5.13 Å². The van der Waals surface area contributed by atoms with Gasteiger partial charge in [0.1, 0.15) is 5.82 Å². The van der Waals surface area contributed by atoms with Gasteiger partial charge in [0.25, 0.3) is 0 Å². The van der Waals surface area contributed by atoms with E-state index in [9.17, 15) is 4.79 Å². The lowest BCUT2D eigenvalue weighted by molar-refractivity contribution is -0.114. The van der Waals surface area contributed by atoms with Crippen LogP contribution in [0, 0.1) is 5.92 Å². The number of carbonyl (C=O) groups is 1. The van der Waals surface area contributed by atoms with Crippen molar-refractivity contribution in [2.45, 2.75) is 32.7 Å². The maximum Gasteiger partial charge on any atom is 0.223 e. The van der Waals surface area contributed by atoms with Crippen LogP contribution in [0.2, 0.25) is 0 Å². The Kier molecular flexibility index (Phi) is 5.30. The molecule has 1 amide bonds. The van der Waals surface area contributed by atoms with Crippen LogP contribution in [0.3, 0.4) is 0 Å². The fraction of sp³-hybridized carbons (Fsp3) is 0.500. The molecule has 2 aromatic heterocycles. The number of likely N-dealkylation sites (tertiary alicyclic amines) is 1. The first-order valence-electron chi connectivity index (χ1n) is 7.89. The molecule has 0 aromatic carbocycles. The van der Waals surface area contributed by atoms with E-state index in [2.05, 4.69) is 25.2 Å². The van der Waals surface area contributed by atoms with E-state index in [0.29, 0.717) is 11.0 Å². The number of nitrogens with one attached hydrogen (secondary N) is 1. The molecule has 0 radical (unpaired) electrons. The summed E-state index contributed by atoms with van der Waals surface area (Å²) in [5, 5.41) is 3.42. The summed E-state index contributed by atoms with van der Waals surface area (Å²) in [5.74, 6) is 1.46. The van der Waals surface area contributed by atoms with Gasteiger partial charge in [-0.3, -0.25) is 9.69 Å². The molecule has 0 spiro atoms. The lowest BCUT2D eigenvalue weighted by atomic mass is 9.94. The summed E-state index contributed by atoms with van der Waals surface area (Å²) in [4.78, 5) is 27.6. The molecule has 1 saturated heterocycles. The fourth-order valence-electron chi connectivity index (χ4n) is 2.96. The third-order valence-electron chi connectivity index (χ3n) is 3.91. The minimum absolute atomic E-state index is 0.0770. The van der Waals surface area contributed by atoms with Gasteiger partial charge in [-0.25, -0.2) is 15.0 Å². The van der Waals surface area contributed by atoms with Crippen LogP contribution < -0.4 is 5.32 Å². The zero-order chi connectivity index (χ0) is 16.1. The molecule has 0 saturated carbocycles. The molecule has 3 heterocycles. The first-order valence-corrected chi connectivity index (χ1v) is 8.71. The van der Waals surface area contributed by atoms with Gasteiger partial charge in [0.05, 0.1) is 0 Å². The van der Waals surface area contributed by atoms with Gasteiger partial charge in [-0.1, -0.05) is 0 Å². The Bertz CT molecular complexity index is 645. The van der Waals surface area contributed by atoms with E-state index in [4.69, 9.17) is 0 Å². The maximum absolute atomic E-state index is 11.1. The monoisotopic (exact) mass is 331 g/mol. The van der Waals surface area contributed by atoms with Crippen molar-refractivity contribution < 1.29 is 4.79 Å². The number of thiazole rings is 1. The third kappa shape index (κ3) is 4.80. The van der Waals surface area contributed by atoms with E-state index in [1.165, 1.54) is 24.6 Å². The van der Waals surface area contributed by atoms with E-state index in [1.54, 1.807) is 11.3 Å². The Balaban J connectivity index is 1.54. The average molecular weight is 331 g/mol. The highest BCUT2D eigenvalue weighted by Crippen LogP contribution is 2.24. The molecule has 3 rings (SSSR count). The SMILES string of the molecule is CC(=O)Nc1ncc(CN2CCCC(Cc3ncccn3)C2)s1. The van der Waals surface area contributed by atoms with Crippen LogP contribution >= 0.6 is 11.3 Å². The molecule has 1 aliphatic heterocycles. The normalized spacial score (nSPS) is 18.7. The van der Waals surface area contributed by atoms with Gasteiger partial charge < -0.3 is 5.32 Å². The Morgan fingerprint density at radius 3 is 3.00 bits per heavy atom. The number of anilines is 1. The van der Waals surface area contributed by atoms with Crippen LogP contribution in [0.25, 0.3) is 0 Å². The van der Waals surface area contributed by atoms with Gasteiger partial charge in [-0.2, -0.15) is 0 Å². The second-order valence-corrected chi connectivity index (χ2v) is 7.04. The molecule has 2 aromatic rings. The molecule has 1 aliphatic rings. The Morgan fingerprint density at radius 1 is 1.39 bits per heavy atom. The van der Waals surface area contributed by atoms with Gasteiger partial charge in [0, 0.05) is 49.9 Å². The molecule has 6 nitrogen and oxygen atoms in total. The molecule has 1 fully saturated rings. The van der Waals surface area contributed by atoms with Crippen molar-refractivity contribution in [3.8, 4) is 0 Å². The van der Waals surface area contributed by atoms with Crippen LogP contribution in [0.5, 0.6) is 0 Å². The van der Waals surface area contributed by atoms with Crippen LogP contribution in [-0.4, -0.2) is 38.8 Å². The highest BCUT2D eigenvalue weighted by molar-refractivity contribution is 7.15. The second kappa shape index (κ2) is 7.61. The number of carbonyl (C=O) groups excluding carboxylic acids is 1. The average Bonchev–Trinajstić information content (AvgIpc) is 2.95. The van der Waals surface area contributed by atoms with Crippen molar-refractivity contribution in [3.63, 3.8) is 0 Å². The van der Waals surface area contributed by atoms with E-state index >= 15 is 0 Å². The molecule has 0 bridgehead atoms. The first-order chi connectivity index (χ1) is 11.2. The van der Waals surface area contributed by atoms with Gasteiger partial charge in [0.2, 0.25) is 5.91 Å². The summed E-state index contributed by atoms with van der Waals surface area (Å²) >= 11 is 1.55. The zero-order valence-corrected chi connectivity index (χ0v) is 14.1. The largest absolute Gasteiger partial charge is 0.302 e. The van der Waals surface area contributed by atoms with E-state index < -0.39 is 0 Å². The molecular weight excluding hydrogens is 310 g/mol. The molecule has 0 aliphatic carbocycles. The Hall–Kier alpha value is -1.86. The predicted octanol–water partition coefficient (Wildman–Crippen LogP) is 2.35. The van der Waals surface area contributed by atoms with Crippen molar-refractivity contribution >= 4 is 22.4 Å². The summed E-state index contributed by atoms with van der Waals surface area (Å²) < 4.78 is 0. The fourth-order valence-corrected chi connectivity index (χ4v) is 3.87. The Labute approximate surface area is 140 Å². The predicted molar refractivity (Wildman–Crippen MR) is 90.2 cm³/mol. The summed E-state index contributed by atoms with van der Waals surface area (Å²) in [5.41, 5.74) is 0. The minimum atomic E-state index is -0.0770. The maximum atomic E-state index is 11.1. The molecule has 1 unspecified atom stereocenters.